The maximum absolute atomic E-state index is 14.0. The molecule has 3 heterocycles. The number of nitrogens with one attached hydrogen (secondary N) is 1. The van der Waals surface area contributed by atoms with E-state index in [9.17, 15) is 23.1 Å². The fourth-order valence-electron chi connectivity index (χ4n) is 4.49. The Balaban J connectivity index is 1.71. The van der Waals surface area contributed by atoms with Crippen LogP contribution in [-0.2, 0) is 12.6 Å². The molecule has 34 heavy (non-hydrogen) atoms. The molecule has 0 bridgehead atoms. The van der Waals surface area contributed by atoms with E-state index in [-0.39, 0.29) is 23.9 Å². The molecule has 1 fully saturated rings. The molecule has 3 aromatic rings. The van der Waals surface area contributed by atoms with Crippen LogP contribution < -0.4 is 20.5 Å². The number of benzene rings is 2. The van der Waals surface area contributed by atoms with Crippen molar-refractivity contribution in [3.63, 3.8) is 0 Å². The minimum Gasteiger partial charge on any atom is -0.497 e. The number of rotatable bonds is 5. The van der Waals surface area contributed by atoms with E-state index in [2.05, 4.69) is 10.4 Å². The van der Waals surface area contributed by atoms with E-state index in [4.69, 9.17) is 4.74 Å². The molecular formula is C24H23F3N4O3. The summed E-state index contributed by atoms with van der Waals surface area (Å²) >= 11 is 0. The normalized spacial score (nSPS) is 15.6. The molecule has 10 heteroatoms. The van der Waals surface area contributed by atoms with Gasteiger partial charge in [-0.05, 0) is 36.8 Å². The molecule has 0 amide bonds. The predicted octanol–water partition coefficient (Wildman–Crippen LogP) is 3.32. The van der Waals surface area contributed by atoms with Gasteiger partial charge in [-0.15, -0.1) is 0 Å². The average molecular weight is 472 g/mol. The van der Waals surface area contributed by atoms with Crippen LogP contribution in [0.1, 0.15) is 11.1 Å². The molecule has 178 valence electrons. The smallest absolute Gasteiger partial charge is 0.418 e. The maximum atomic E-state index is 14.0. The van der Waals surface area contributed by atoms with Crippen molar-refractivity contribution < 1.29 is 23.0 Å². The summed E-state index contributed by atoms with van der Waals surface area (Å²) in [6, 6.07) is 10.8. The number of aromatic nitrogens is 2. The summed E-state index contributed by atoms with van der Waals surface area (Å²) < 4.78 is 48.1. The van der Waals surface area contributed by atoms with Gasteiger partial charge in [0.2, 0.25) is 0 Å². The Kier molecular flexibility index (Phi) is 5.47. The Morgan fingerprint density at radius 2 is 2.00 bits per heavy atom. The van der Waals surface area contributed by atoms with E-state index in [0.717, 1.165) is 10.7 Å². The van der Waals surface area contributed by atoms with Gasteiger partial charge in [-0.2, -0.15) is 23.0 Å². The van der Waals surface area contributed by atoms with Crippen LogP contribution in [0.15, 0.2) is 47.3 Å². The Bertz CT molecular complexity index is 1300. The second kappa shape index (κ2) is 8.35. The Labute approximate surface area is 193 Å². The summed E-state index contributed by atoms with van der Waals surface area (Å²) in [5, 5.41) is 16.8. The zero-order valence-electron chi connectivity index (χ0n) is 18.4. The van der Waals surface area contributed by atoms with E-state index < -0.39 is 17.3 Å². The minimum atomic E-state index is -4.68. The molecular weight excluding hydrogens is 449 g/mol. The number of halogens is 3. The highest BCUT2D eigenvalue weighted by atomic mass is 19.4. The topological polar surface area (TPSA) is 79.6 Å². The van der Waals surface area contributed by atoms with Crippen molar-refractivity contribution in [2.24, 2.45) is 5.92 Å². The average Bonchev–Trinajstić information content (AvgIpc) is 3.28. The molecule has 2 N–H and O–H groups in total. The number of ether oxygens (including phenoxy) is 1. The molecule has 1 aromatic heterocycles. The van der Waals surface area contributed by atoms with Crippen molar-refractivity contribution in [2.45, 2.75) is 12.6 Å². The van der Waals surface area contributed by atoms with Crippen LogP contribution in [0.2, 0.25) is 0 Å². The van der Waals surface area contributed by atoms with Crippen molar-refractivity contribution in [1.82, 2.24) is 9.78 Å². The van der Waals surface area contributed by atoms with Crippen LogP contribution in [0.4, 0.5) is 24.5 Å². The first kappa shape index (κ1) is 22.3. The lowest BCUT2D eigenvalue weighted by atomic mass is 9.99. The number of aliphatic hydroxyl groups excluding tert-OH is 1. The number of hydrogen-bond acceptors (Lipinski definition) is 6. The van der Waals surface area contributed by atoms with Gasteiger partial charge in [-0.1, -0.05) is 12.1 Å². The first-order valence-electron chi connectivity index (χ1n) is 10.9. The fourth-order valence-corrected chi connectivity index (χ4v) is 4.49. The number of nitrogens with zero attached hydrogens (tertiary/aromatic N) is 3. The minimum absolute atomic E-state index is 0.0192. The van der Waals surface area contributed by atoms with Gasteiger partial charge in [0.05, 0.1) is 24.1 Å². The predicted molar refractivity (Wildman–Crippen MR) is 122 cm³/mol. The molecule has 0 aliphatic carbocycles. The molecule has 2 aromatic carbocycles. The summed E-state index contributed by atoms with van der Waals surface area (Å²) in [5.74, 6) is 0.654. The van der Waals surface area contributed by atoms with Gasteiger partial charge in [-0.3, -0.25) is 4.79 Å². The van der Waals surface area contributed by atoms with Crippen LogP contribution in [0, 0.1) is 5.92 Å². The van der Waals surface area contributed by atoms with Crippen molar-refractivity contribution in [3.05, 3.63) is 63.9 Å². The van der Waals surface area contributed by atoms with Crippen LogP contribution in [-0.4, -0.2) is 48.2 Å². The Hall–Kier alpha value is -3.53. The molecule has 7 nitrogen and oxygen atoms in total. The molecule has 0 saturated carbocycles. The quantitative estimate of drug-likeness (QED) is 0.593. The zero-order valence-corrected chi connectivity index (χ0v) is 18.4. The third kappa shape index (κ3) is 3.77. The lowest BCUT2D eigenvalue weighted by molar-refractivity contribution is -0.137. The van der Waals surface area contributed by atoms with Gasteiger partial charge in [0.1, 0.15) is 11.4 Å². The first-order chi connectivity index (χ1) is 16.3. The largest absolute Gasteiger partial charge is 0.497 e. The van der Waals surface area contributed by atoms with Gasteiger partial charge >= 0.3 is 6.18 Å². The second-order valence-electron chi connectivity index (χ2n) is 8.48. The number of anilines is 2. The van der Waals surface area contributed by atoms with Crippen LogP contribution in [0.3, 0.4) is 0 Å². The van der Waals surface area contributed by atoms with E-state index in [0.29, 0.717) is 54.3 Å². The maximum Gasteiger partial charge on any atom is 0.418 e. The van der Waals surface area contributed by atoms with E-state index >= 15 is 0 Å². The summed E-state index contributed by atoms with van der Waals surface area (Å²) in [7, 11) is 1.53. The molecule has 0 atom stereocenters. The molecule has 5 rings (SSSR count). The highest BCUT2D eigenvalue weighted by Crippen LogP contribution is 2.38. The number of methoxy groups -OCH3 is 1. The zero-order chi connectivity index (χ0) is 24.0. The van der Waals surface area contributed by atoms with Gasteiger partial charge in [0.25, 0.3) is 5.56 Å². The number of aliphatic hydroxyl groups is 1. The summed E-state index contributed by atoms with van der Waals surface area (Å²) in [5.41, 5.74) is 0.648. The molecule has 0 radical (unpaired) electrons. The van der Waals surface area contributed by atoms with Gasteiger partial charge < -0.3 is 20.1 Å². The molecule has 0 unspecified atom stereocenters. The monoisotopic (exact) mass is 472 g/mol. The SMILES string of the molecule is COc1cccc(-c2nn(-c3cc(N4CC(CO)C4)ccc3C(F)(F)F)c(=O)c3c2CCN3)c1. The number of hydrogen-bond donors (Lipinski definition) is 2. The van der Waals surface area contributed by atoms with E-state index in [1.54, 1.807) is 24.3 Å². The second-order valence-corrected chi connectivity index (χ2v) is 8.48. The molecule has 0 spiro atoms. The third-order valence-corrected chi connectivity index (χ3v) is 6.31. The van der Waals surface area contributed by atoms with E-state index in [1.165, 1.54) is 19.2 Å². The van der Waals surface area contributed by atoms with Crippen molar-refractivity contribution in [1.29, 1.82) is 0 Å². The Morgan fingerprint density at radius 3 is 2.71 bits per heavy atom. The van der Waals surface area contributed by atoms with Gasteiger partial charge in [-0.25, -0.2) is 0 Å². The molecule has 1 saturated heterocycles. The standard InChI is InChI=1S/C24H23F3N4O3/c1-34-17-4-2-3-15(9-17)21-18-7-8-28-22(18)23(33)31(29-21)20-10-16(30-11-14(12-30)13-32)5-6-19(20)24(25,26)27/h2-6,9-10,14,28,32H,7-8,11-13H2,1H3. The van der Waals surface area contributed by atoms with Crippen molar-refractivity contribution >= 4 is 11.4 Å². The summed E-state index contributed by atoms with van der Waals surface area (Å²) in [6.07, 6.45) is -4.15. The van der Waals surface area contributed by atoms with Crippen LogP contribution in [0.5, 0.6) is 5.75 Å². The van der Waals surface area contributed by atoms with E-state index in [1.807, 2.05) is 4.90 Å². The van der Waals surface area contributed by atoms with Gasteiger partial charge in [0.15, 0.2) is 0 Å². The van der Waals surface area contributed by atoms with Crippen LogP contribution in [0.25, 0.3) is 16.9 Å². The Morgan fingerprint density at radius 1 is 1.21 bits per heavy atom. The third-order valence-electron chi connectivity index (χ3n) is 6.31. The lowest BCUT2D eigenvalue weighted by Gasteiger charge is -2.40. The summed E-state index contributed by atoms with van der Waals surface area (Å²) in [4.78, 5) is 15.2. The highest BCUT2D eigenvalue weighted by molar-refractivity contribution is 5.73. The molecule has 2 aliphatic rings. The number of alkyl halides is 3. The highest BCUT2D eigenvalue weighted by Gasteiger charge is 2.37. The van der Waals surface area contributed by atoms with Gasteiger partial charge in [0, 0.05) is 49.0 Å². The molecule has 2 aliphatic heterocycles. The number of fused-ring (bicyclic) bond motifs is 1. The first-order valence-corrected chi connectivity index (χ1v) is 10.9. The van der Waals surface area contributed by atoms with Crippen molar-refractivity contribution in [2.75, 3.05) is 43.6 Å². The summed E-state index contributed by atoms with van der Waals surface area (Å²) in [6.45, 7) is 1.58. The lowest BCUT2D eigenvalue weighted by Crippen LogP contribution is -2.48. The fraction of sp³-hybridized carbons (Fsp3) is 0.333. The van der Waals surface area contributed by atoms with Crippen molar-refractivity contribution in [3.8, 4) is 22.7 Å². The van der Waals surface area contributed by atoms with Crippen LogP contribution >= 0.6 is 0 Å².